The standard InChI is InChI=1S/C36H36F6O2/c37-31-21-27(22-32(38)35(31)41)25-11-15-29(16-12-25)43-19-9-7-5-3-1-2-4-6-8-10-20-44-30-17-13-26(14-18-30)28-23-33(39)36(42)34(40)24-28/h11-18,21-24H,1-10,19-20H2. The van der Waals surface area contributed by atoms with Gasteiger partial charge in [-0.05, 0) is 83.6 Å². The van der Waals surface area contributed by atoms with Crippen LogP contribution in [0.4, 0.5) is 26.3 Å². The summed E-state index contributed by atoms with van der Waals surface area (Å²) in [5.74, 6) is -6.43. The van der Waals surface area contributed by atoms with Gasteiger partial charge in [0.15, 0.2) is 34.9 Å². The number of ether oxygens (including phenoxy) is 2. The van der Waals surface area contributed by atoms with Crippen molar-refractivity contribution in [2.24, 2.45) is 0 Å². The van der Waals surface area contributed by atoms with E-state index in [2.05, 4.69) is 0 Å². The summed E-state index contributed by atoms with van der Waals surface area (Å²) in [6, 6.07) is 17.6. The van der Waals surface area contributed by atoms with Gasteiger partial charge in [0.1, 0.15) is 11.5 Å². The molecule has 0 aliphatic carbocycles. The number of hydrogen-bond donors (Lipinski definition) is 0. The lowest BCUT2D eigenvalue weighted by Crippen LogP contribution is -1.97. The van der Waals surface area contributed by atoms with E-state index in [9.17, 15) is 26.3 Å². The van der Waals surface area contributed by atoms with Gasteiger partial charge in [-0.3, -0.25) is 0 Å². The molecule has 4 aromatic carbocycles. The Labute approximate surface area is 254 Å². The first kappa shape index (κ1) is 33.0. The fraction of sp³-hybridized carbons (Fsp3) is 0.333. The average molecular weight is 615 g/mol. The van der Waals surface area contributed by atoms with Crippen LogP contribution in [0.1, 0.15) is 64.2 Å². The van der Waals surface area contributed by atoms with Crippen molar-refractivity contribution in [1.82, 2.24) is 0 Å². The molecule has 0 aromatic heterocycles. The average Bonchev–Trinajstić information content (AvgIpc) is 3.02. The number of benzene rings is 4. The van der Waals surface area contributed by atoms with Crippen molar-refractivity contribution < 1.29 is 35.8 Å². The van der Waals surface area contributed by atoms with E-state index in [-0.39, 0.29) is 11.1 Å². The summed E-state index contributed by atoms with van der Waals surface area (Å²) >= 11 is 0. The van der Waals surface area contributed by atoms with Crippen LogP contribution in [0.2, 0.25) is 0 Å². The highest BCUT2D eigenvalue weighted by Gasteiger charge is 2.13. The van der Waals surface area contributed by atoms with E-state index >= 15 is 0 Å². The minimum absolute atomic E-state index is 0.270. The fourth-order valence-electron chi connectivity index (χ4n) is 4.93. The molecule has 0 saturated heterocycles. The van der Waals surface area contributed by atoms with Gasteiger partial charge < -0.3 is 9.47 Å². The molecule has 4 aromatic rings. The van der Waals surface area contributed by atoms with Gasteiger partial charge in [0.2, 0.25) is 0 Å². The quantitative estimate of drug-likeness (QED) is 0.0669. The van der Waals surface area contributed by atoms with Crippen molar-refractivity contribution >= 4 is 0 Å². The summed E-state index contributed by atoms with van der Waals surface area (Å²) in [4.78, 5) is 0. The number of hydrogen-bond acceptors (Lipinski definition) is 2. The molecule has 2 nitrogen and oxygen atoms in total. The first-order valence-corrected chi connectivity index (χ1v) is 15.1. The van der Waals surface area contributed by atoms with Gasteiger partial charge in [-0.1, -0.05) is 75.6 Å². The maximum Gasteiger partial charge on any atom is 0.194 e. The second-order valence-electron chi connectivity index (χ2n) is 10.8. The number of unbranched alkanes of at least 4 members (excludes halogenated alkanes) is 9. The lowest BCUT2D eigenvalue weighted by Gasteiger charge is -2.09. The van der Waals surface area contributed by atoms with Crippen LogP contribution in [-0.4, -0.2) is 13.2 Å². The first-order chi connectivity index (χ1) is 21.3. The lowest BCUT2D eigenvalue weighted by atomic mass is 10.1. The molecule has 0 aliphatic heterocycles. The van der Waals surface area contributed by atoms with Crippen LogP contribution in [-0.2, 0) is 0 Å². The maximum absolute atomic E-state index is 13.5. The van der Waals surface area contributed by atoms with Crippen molar-refractivity contribution in [2.75, 3.05) is 13.2 Å². The zero-order valence-electron chi connectivity index (χ0n) is 24.5. The molecule has 0 saturated carbocycles. The highest BCUT2D eigenvalue weighted by Crippen LogP contribution is 2.27. The van der Waals surface area contributed by atoms with E-state index in [1.54, 1.807) is 48.5 Å². The summed E-state index contributed by atoms with van der Waals surface area (Å²) in [7, 11) is 0. The summed E-state index contributed by atoms with van der Waals surface area (Å²) in [6.07, 6.45) is 11.2. The van der Waals surface area contributed by atoms with Gasteiger partial charge in [0, 0.05) is 0 Å². The molecule has 4 rings (SSSR count). The van der Waals surface area contributed by atoms with Gasteiger partial charge >= 0.3 is 0 Å². The van der Waals surface area contributed by atoms with Crippen molar-refractivity contribution in [2.45, 2.75) is 64.2 Å². The SMILES string of the molecule is Fc1cc(-c2ccc(OCCCCCCCCCCCCOc3ccc(-c4cc(F)c(F)c(F)c4)cc3)cc2)cc(F)c1F. The summed E-state index contributed by atoms with van der Waals surface area (Å²) in [6.45, 7) is 1.19. The van der Waals surface area contributed by atoms with Crippen LogP contribution in [0.3, 0.4) is 0 Å². The van der Waals surface area contributed by atoms with Crippen LogP contribution in [0.15, 0.2) is 72.8 Å². The minimum atomic E-state index is -1.47. The molecule has 0 heterocycles. The summed E-state index contributed by atoms with van der Waals surface area (Å²) in [5, 5.41) is 0. The molecule has 0 N–H and O–H groups in total. The Morgan fingerprint density at radius 3 is 0.909 bits per heavy atom. The van der Waals surface area contributed by atoms with Gasteiger partial charge in [0.25, 0.3) is 0 Å². The van der Waals surface area contributed by atoms with E-state index in [4.69, 9.17) is 9.47 Å². The predicted molar refractivity (Wildman–Crippen MR) is 161 cm³/mol. The molecule has 234 valence electrons. The fourth-order valence-corrected chi connectivity index (χ4v) is 4.93. The van der Waals surface area contributed by atoms with Crippen molar-refractivity contribution in [3.63, 3.8) is 0 Å². The number of halogens is 6. The molecule has 0 aliphatic rings. The minimum Gasteiger partial charge on any atom is -0.494 e. The predicted octanol–water partition coefficient (Wildman–Crippen LogP) is 11.2. The van der Waals surface area contributed by atoms with Gasteiger partial charge in [-0.2, -0.15) is 0 Å². The normalized spacial score (nSPS) is 11.1. The van der Waals surface area contributed by atoms with Crippen LogP contribution < -0.4 is 9.47 Å². The second-order valence-corrected chi connectivity index (χ2v) is 10.8. The van der Waals surface area contributed by atoms with E-state index < -0.39 is 34.9 Å². The Morgan fingerprint density at radius 1 is 0.341 bits per heavy atom. The van der Waals surface area contributed by atoms with Gasteiger partial charge in [-0.25, -0.2) is 26.3 Å². The van der Waals surface area contributed by atoms with Crippen LogP contribution in [0.5, 0.6) is 11.5 Å². The Bertz CT molecular complexity index is 1310. The molecule has 0 fully saturated rings. The smallest absolute Gasteiger partial charge is 0.194 e. The van der Waals surface area contributed by atoms with Crippen molar-refractivity contribution in [3.8, 4) is 33.8 Å². The third-order valence-corrected chi connectivity index (χ3v) is 7.42. The lowest BCUT2D eigenvalue weighted by molar-refractivity contribution is 0.303. The third-order valence-electron chi connectivity index (χ3n) is 7.42. The molecular weight excluding hydrogens is 578 g/mol. The van der Waals surface area contributed by atoms with E-state index in [0.717, 1.165) is 62.8 Å². The molecule has 0 atom stereocenters. The summed E-state index contributed by atoms with van der Waals surface area (Å²) < 4.78 is 91.7. The third kappa shape index (κ3) is 9.79. The Morgan fingerprint density at radius 2 is 0.614 bits per heavy atom. The Hall–Kier alpha value is -3.94. The molecule has 0 spiro atoms. The zero-order valence-corrected chi connectivity index (χ0v) is 24.5. The van der Waals surface area contributed by atoms with Crippen LogP contribution in [0, 0.1) is 34.9 Å². The topological polar surface area (TPSA) is 18.5 Å². The first-order valence-electron chi connectivity index (χ1n) is 15.1. The molecule has 0 radical (unpaired) electrons. The molecule has 0 bridgehead atoms. The molecule has 8 heteroatoms. The molecule has 0 unspecified atom stereocenters. The molecular formula is C36H36F6O2. The zero-order chi connectivity index (χ0) is 31.3. The van der Waals surface area contributed by atoms with Crippen LogP contribution in [0.25, 0.3) is 22.3 Å². The maximum atomic E-state index is 13.5. The summed E-state index contributed by atoms with van der Waals surface area (Å²) in [5.41, 5.74) is 1.70. The molecule has 44 heavy (non-hydrogen) atoms. The van der Waals surface area contributed by atoms with E-state index in [1.165, 1.54) is 25.7 Å². The highest BCUT2D eigenvalue weighted by molar-refractivity contribution is 5.65. The van der Waals surface area contributed by atoms with Gasteiger partial charge in [0.05, 0.1) is 13.2 Å². The molecule has 0 amide bonds. The largest absolute Gasteiger partial charge is 0.494 e. The van der Waals surface area contributed by atoms with E-state index in [1.807, 2.05) is 0 Å². The Balaban J connectivity index is 0.977. The van der Waals surface area contributed by atoms with E-state index in [0.29, 0.717) is 35.8 Å². The second kappa shape index (κ2) is 16.8. The van der Waals surface area contributed by atoms with Crippen LogP contribution >= 0.6 is 0 Å². The number of rotatable bonds is 17. The van der Waals surface area contributed by atoms with Crippen molar-refractivity contribution in [1.29, 1.82) is 0 Å². The Kier molecular flexibility index (Phi) is 12.6. The highest BCUT2D eigenvalue weighted by atomic mass is 19.2. The van der Waals surface area contributed by atoms with Gasteiger partial charge in [-0.15, -0.1) is 0 Å². The monoisotopic (exact) mass is 614 g/mol. The van der Waals surface area contributed by atoms with Crippen molar-refractivity contribution in [3.05, 3.63) is 108 Å².